The molecule has 1 saturated carbocycles. The van der Waals surface area contributed by atoms with E-state index < -0.39 is 9.84 Å². The Hall–Kier alpha value is -1.23. The van der Waals surface area contributed by atoms with Crippen LogP contribution >= 0.6 is 0 Å². The predicted molar refractivity (Wildman–Crippen MR) is 88.2 cm³/mol. The maximum Gasteiger partial charge on any atom is 0.177 e. The molecular formula is C16H26N2O2S. The van der Waals surface area contributed by atoms with Crippen LogP contribution in [0, 0.1) is 5.92 Å². The van der Waals surface area contributed by atoms with Gasteiger partial charge >= 0.3 is 0 Å². The molecule has 0 spiro atoms. The van der Waals surface area contributed by atoms with Crippen molar-refractivity contribution >= 4 is 21.2 Å². The fourth-order valence-corrected chi connectivity index (χ4v) is 4.12. The number of para-hydroxylation sites is 1. The minimum absolute atomic E-state index is 0.214. The molecule has 0 aliphatic heterocycles. The van der Waals surface area contributed by atoms with Crippen LogP contribution in [0.2, 0.25) is 0 Å². The van der Waals surface area contributed by atoms with Gasteiger partial charge in [-0.3, -0.25) is 0 Å². The number of rotatable bonds is 5. The van der Waals surface area contributed by atoms with E-state index in [1.54, 1.807) is 12.1 Å². The number of benzene rings is 1. The van der Waals surface area contributed by atoms with Gasteiger partial charge < -0.3 is 11.1 Å². The van der Waals surface area contributed by atoms with E-state index in [4.69, 9.17) is 5.73 Å². The zero-order chi connectivity index (χ0) is 15.5. The molecule has 0 bridgehead atoms. The third-order valence-corrected chi connectivity index (χ3v) is 5.62. The van der Waals surface area contributed by atoms with E-state index in [2.05, 4.69) is 12.2 Å². The number of sulfone groups is 1. The van der Waals surface area contributed by atoms with E-state index in [1.165, 1.54) is 38.4 Å². The fraction of sp³-hybridized carbons (Fsp3) is 0.625. The molecule has 1 atom stereocenters. The van der Waals surface area contributed by atoms with Gasteiger partial charge in [0.05, 0.1) is 16.3 Å². The van der Waals surface area contributed by atoms with Gasteiger partial charge in [-0.2, -0.15) is 0 Å². The average molecular weight is 310 g/mol. The summed E-state index contributed by atoms with van der Waals surface area (Å²) in [5.41, 5.74) is 7.15. The molecule has 0 heterocycles. The van der Waals surface area contributed by atoms with Gasteiger partial charge in [0, 0.05) is 12.3 Å². The summed E-state index contributed by atoms with van der Waals surface area (Å²) in [7, 11) is -3.29. The van der Waals surface area contributed by atoms with Gasteiger partial charge in [0.1, 0.15) is 0 Å². The standard InChI is InChI=1S/C16H26N2O2S/c1-3-13(12-8-5-4-6-9-12)18-14-10-7-11-15(16(14)17)21(2,19)20/h7,10-13,18H,3-6,8-9,17H2,1-2H3. The van der Waals surface area contributed by atoms with Crippen LogP contribution in [0.1, 0.15) is 45.4 Å². The smallest absolute Gasteiger partial charge is 0.177 e. The van der Waals surface area contributed by atoms with E-state index in [0.717, 1.165) is 12.1 Å². The molecule has 0 saturated heterocycles. The Bertz CT molecular complexity index is 578. The highest BCUT2D eigenvalue weighted by Gasteiger charge is 2.23. The van der Waals surface area contributed by atoms with Crippen molar-refractivity contribution in [3.05, 3.63) is 18.2 Å². The van der Waals surface area contributed by atoms with Crippen molar-refractivity contribution < 1.29 is 8.42 Å². The van der Waals surface area contributed by atoms with Crippen LogP contribution in [0.5, 0.6) is 0 Å². The third-order valence-electron chi connectivity index (χ3n) is 4.47. The van der Waals surface area contributed by atoms with Crippen molar-refractivity contribution in [1.82, 2.24) is 0 Å². The Kier molecular flexibility index (Phi) is 5.14. The maximum absolute atomic E-state index is 11.8. The molecule has 1 aromatic carbocycles. The van der Waals surface area contributed by atoms with Gasteiger partial charge in [-0.05, 0) is 37.3 Å². The van der Waals surface area contributed by atoms with Crippen LogP contribution in [0.25, 0.3) is 0 Å². The van der Waals surface area contributed by atoms with Gasteiger partial charge in [0.25, 0.3) is 0 Å². The first-order valence-corrected chi connectivity index (χ1v) is 9.67. The average Bonchev–Trinajstić information content (AvgIpc) is 2.46. The molecule has 4 nitrogen and oxygen atoms in total. The van der Waals surface area contributed by atoms with Crippen molar-refractivity contribution in [2.45, 2.75) is 56.4 Å². The summed E-state index contributed by atoms with van der Waals surface area (Å²) < 4.78 is 23.5. The molecule has 1 aromatic rings. The molecule has 1 fully saturated rings. The van der Waals surface area contributed by atoms with Crippen LogP contribution in [0.4, 0.5) is 11.4 Å². The Morgan fingerprint density at radius 3 is 2.52 bits per heavy atom. The molecule has 5 heteroatoms. The fourth-order valence-electron chi connectivity index (χ4n) is 3.28. The second-order valence-corrected chi connectivity index (χ2v) is 8.03. The van der Waals surface area contributed by atoms with Crippen molar-refractivity contribution in [3.8, 4) is 0 Å². The van der Waals surface area contributed by atoms with Crippen LogP contribution < -0.4 is 11.1 Å². The van der Waals surface area contributed by atoms with E-state index in [-0.39, 0.29) is 4.90 Å². The molecule has 1 unspecified atom stereocenters. The predicted octanol–water partition coefficient (Wildman–Crippen LogP) is 3.44. The third kappa shape index (κ3) is 3.90. The van der Waals surface area contributed by atoms with Gasteiger partial charge in [0.2, 0.25) is 0 Å². The zero-order valence-electron chi connectivity index (χ0n) is 12.9. The van der Waals surface area contributed by atoms with Gasteiger partial charge in [-0.1, -0.05) is 32.3 Å². The van der Waals surface area contributed by atoms with Crippen LogP contribution in [0.3, 0.4) is 0 Å². The number of hydrogen-bond acceptors (Lipinski definition) is 4. The largest absolute Gasteiger partial charge is 0.396 e. The Balaban J connectivity index is 2.21. The highest BCUT2D eigenvalue weighted by molar-refractivity contribution is 7.90. The lowest BCUT2D eigenvalue weighted by atomic mass is 9.83. The van der Waals surface area contributed by atoms with Gasteiger partial charge in [-0.15, -0.1) is 0 Å². The van der Waals surface area contributed by atoms with Crippen molar-refractivity contribution in [2.24, 2.45) is 5.92 Å². The second kappa shape index (κ2) is 6.69. The van der Waals surface area contributed by atoms with Gasteiger partial charge in [-0.25, -0.2) is 8.42 Å². The minimum atomic E-state index is -3.29. The molecule has 1 aliphatic rings. The highest BCUT2D eigenvalue weighted by atomic mass is 32.2. The molecule has 0 radical (unpaired) electrons. The Morgan fingerprint density at radius 1 is 1.29 bits per heavy atom. The lowest BCUT2D eigenvalue weighted by Gasteiger charge is -2.31. The Morgan fingerprint density at radius 2 is 1.95 bits per heavy atom. The lowest BCUT2D eigenvalue weighted by molar-refractivity contribution is 0.313. The quantitative estimate of drug-likeness (QED) is 0.817. The van der Waals surface area contributed by atoms with Crippen LogP contribution in [-0.2, 0) is 9.84 Å². The monoisotopic (exact) mass is 310 g/mol. The normalized spacial score (nSPS) is 18.4. The lowest BCUT2D eigenvalue weighted by Crippen LogP contribution is -2.30. The molecule has 0 amide bonds. The summed E-state index contributed by atoms with van der Waals surface area (Å²) in [5.74, 6) is 0.657. The number of anilines is 2. The van der Waals surface area contributed by atoms with Gasteiger partial charge in [0.15, 0.2) is 9.84 Å². The molecule has 1 aliphatic carbocycles. The summed E-state index contributed by atoms with van der Waals surface area (Å²) in [6.07, 6.45) is 8.63. The first-order valence-electron chi connectivity index (χ1n) is 7.78. The first-order chi connectivity index (χ1) is 9.93. The molecule has 3 N–H and O–H groups in total. The highest BCUT2D eigenvalue weighted by Crippen LogP contribution is 2.32. The molecule has 21 heavy (non-hydrogen) atoms. The van der Waals surface area contributed by atoms with Crippen LogP contribution in [-0.4, -0.2) is 20.7 Å². The van der Waals surface area contributed by atoms with E-state index in [0.29, 0.717) is 17.6 Å². The number of nitrogens with two attached hydrogens (primary N) is 1. The van der Waals surface area contributed by atoms with Crippen molar-refractivity contribution in [3.63, 3.8) is 0 Å². The molecule has 2 rings (SSSR count). The van der Waals surface area contributed by atoms with Crippen LogP contribution in [0.15, 0.2) is 23.1 Å². The number of hydrogen-bond donors (Lipinski definition) is 2. The summed E-state index contributed by atoms with van der Waals surface area (Å²) in [6, 6.07) is 5.55. The number of nitrogen functional groups attached to an aromatic ring is 1. The summed E-state index contributed by atoms with van der Waals surface area (Å²) in [5, 5.41) is 3.49. The Labute approximate surface area is 128 Å². The summed E-state index contributed by atoms with van der Waals surface area (Å²) in [6.45, 7) is 2.17. The minimum Gasteiger partial charge on any atom is -0.396 e. The maximum atomic E-state index is 11.8. The van der Waals surface area contributed by atoms with E-state index in [1.807, 2.05) is 6.07 Å². The molecule has 0 aromatic heterocycles. The van der Waals surface area contributed by atoms with Crippen molar-refractivity contribution in [1.29, 1.82) is 0 Å². The number of nitrogens with one attached hydrogen (secondary N) is 1. The van der Waals surface area contributed by atoms with Crippen molar-refractivity contribution in [2.75, 3.05) is 17.3 Å². The van der Waals surface area contributed by atoms with E-state index >= 15 is 0 Å². The summed E-state index contributed by atoms with van der Waals surface area (Å²) in [4.78, 5) is 0.214. The molecule has 118 valence electrons. The SMILES string of the molecule is CCC(Nc1cccc(S(C)(=O)=O)c1N)C1CCCCC1. The topological polar surface area (TPSA) is 72.2 Å². The zero-order valence-corrected chi connectivity index (χ0v) is 13.7. The van der Waals surface area contributed by atoms with E-state index in [9.17, 15) is 8.42 Å². The first kappa shape index (κ1) is 16.1. The summed E-state index contributed by atoms with van der Waals surface area (Å²) >= 11 is 0. The second-order valence-electron chi connectivity index (χ2n) is 6.05. The molecular weight excluding hydrogens is 284 g/mol.